The molecule has 48 valence electrons. The number of nitrogen functional groups attached to an aromatic ring is 1. The van der Waals surface area contributed by atoms with Gasteiger partial charge in [0.2, 0.25) is 0 Å². The summed E-state index contributed by atoms with van der Waals surface area (Å²) in [5.74, 6) is 5.72. The number of nitrogens with one attached hydrogen (secondary N) is 1. The Morgan fingerprint density at radius 3 is 2.70 bits per heavy atom. The van der Waals surface area contributed by atoms with Crippen molar-refractivity contribution in [3.8, 4) is 0 Å². The number of nitrogens with two attached hydrogens (primary N) is 1. The Bertz CT molecular complexity index is 174. The van der Waals surface area contributed by atoms with Crippen molar-refractivity contribution >= 4 is 61.4 Å². The van der Waals surface area contributed by atoms with Gasteiger partial charge in [0.25, 0.3) is 0 Å². The van der Waals surface area contributed by atoms with Gasteiger partial charge in [-0.15, -0.1) is 0 Å². The number of rotatable bonds is 2. The summed E-state index contributed by atoms with van der Waals surface area (Å²) >= 11 is 0.658. The minimum absolute atomic E-state index is 0.618. The molecule has 0 aromatic carbocycles. The molecule has 1 rings (SSSR count). The number of anilines is 1. The van der Waals surface area contributed by atoms with E-state index in [0.717, 1.165) is 5.18 Å². The third-order valence-corrected chi connectivity index (χ3v) is 3.01. The first-order valence-electron chi connectivity index (χ1n) is 3.16. The van der Waals surface area contributed by atoms with Crippen LogP contribution in [0.15, 0.2) is 12.1 Å². The van der Waals surface area contributed by atoms with E-state index in [1.807, 2.05) is 12.1 Å². The van der Waals surface area contributed by atoms with E-state index in [1.54, 1.807) is 0 Å². The van der Waals surface area contributed by atoms with Crippen molar-refractivity contribution in [2.75, 3.05) is 5.43 Å². The van der Waals surface area contributed by atoms with E-state index in [0.29, 0.717) is 61.4 Å². The summed E-state index contributed by atoms with van der Waals surface area (Å²) in [7, 11) is 0. The Hall–Kier alpha value is 0.645. The van der Waals surface area contributed by atoms with E-state index < -0.39 is 0 Å². The Labute approximate surface area is 98.3 Å². The molecule has 10 heavy (non-hydrogen) atoms. The summed E-state index contributed by atoms with van der Waals surface area (Å²) in [5.41, 5.74) is 3.49. The molecule has 0 atom stereocenters. The summed E-state index contributed by atoms with van der Waals surface area (Å²) in [6.45, 7) is 0. The number of aromatic nitrogens is 2. The summed E-state index contributed by atoms with van der Waals surface area (Å²) in [6, 6.07) is 3.77. The van der Waals surface area contributed by atoms with Crippen LogP contribution in [0.5, 0.6) is 0 Å². The maximum absolute atomic E-state index is 5.10. The molecule has 0 aliphatic carbocycles. The average Bonchev–Trinajstić information content (AvgIpc) is 2.05. The van der Waals surface area contributed by atoms with Crippen LogP contribution in [0.4, 0.5) is 5.82 Å². The van der Waals surface area contributed by atoms with Gasteiger partial charge in [0, 0.05) is 0 Å². The first-order chi connectivity index (χ1) is 4.86. The molecule has 0 aliphatic heterocycles. The van der Waals surface area contributed by atoms with Crippen molar-refractivity contribution in [1.29, 1.82) is 0 Å². The van der Waals surface area contributed by atoms with Gasteiger partial charge in [-0.05, 0) is 0 Å². The van der Waals surface area contributed by atoms with Crippen molar-refractivity contribution in [3.63, 3.8) is 0 Å². The van der Waals surface area contributed by atoms with Crippen LogP contribution in [0.25, 0.3) is 0 Å². The van der Waals surface area contributed by atoms with Gasteiger partial charge >= 0.3 is 100 Å². The molecule has 1 aromatic rings. The van der Waals surface area contributed by atoms with Gasteiger partial charge in [-0.2, -0.15) is 0 Å². The molecule has 0 bridgehead atoms. The van der Waals surface area contributed by atoms with Crippen molar-refractivity contribution in [3.05, 3.63) is 17.8 Å². The number of hydrogen-bond acceptors (Lipinski definition) is 4. The van der Waals surface area contributed by atoms with Gasteiger partial charge in [-0.3, -0.25) is 0 Å². The monoisotopic (exact) mass is 208 g/mol. The van der Waals surface area contributed by atoms with Crippen LogP contribution in [0.1, 0.15) is 5.69 Å². The molecule has 1 aromatic heterocycles. The Balaban J connectivity index is 2.80. The van der Waals surface area contributed by atoms with Crippen molar-refractivity contribution in [1.82, 2.24) is 10.2 Å². The molecule has 0 fully saturated rings. The molecule has 3 N–H and O–H groups in total. The van der Waals surface area contributed by atoms with Gasteiger partial charge in [0.05, 0.1) is 0 Å². The van der Waals surface area contributed by atoms with E-state index in [4.69, 9.17) is 5.84 Å². The second-order valence-corrected chi connectivity index (χ2v) is 3.65. The summed E-state index contributed by atoms with van der Waals surface area (Å²) in [6.07, 6.45) is 0. The predicted octanol–water partition coefficient (Wildman–Crippen LogP) is -0.569. The standard InChI is InChI=1S/C5H7N4.Rb/c1-4-2-3-5(7-6)9-8-4;/h2-3H,1,6H2,(H,7,9);. The van der Waals surface area contributed by atoms with E-state index in [2.05, 4.69) is 15.6 Å². The molecule has 0 amide bonds. The van der Waals surface area contributed by atoms with Crippen LogP contribution >= 0.6 is 0 Å². The van der Waals surface area contributed by atoms with E-state index in [-0.39, 0.29) is 0 Å². The van der Waals surface area contributed by atoms with Crippen molar-refractivity contribution in [2.45, 2.75) is -0.511 Å². The molecule has 0 aliphatic rings. The fourth-order valence-corrected chi connectivity index (χ4v) is 1.55. The first kappa shape index (κ1) is 8.74. The van der Waals surface area contributed by atoms with E-state index in [9.17, 15) is 0 Å². The number of hydrazine groups is 1. The van der Waals surface area contributed by atoms with Gasteiger partial charge in [-0.25, -0.2) is 0 Å². The second kappa shape index (κ2) is 4.51. The van der Waals surface area contributed by atoms with Crippen LogP contribution in [0.3, 0.4) is 0 Å². The predicted molar refractivity (Wildman–Crippen MR) is 39.3 cm³/mol. The topological polar surface area (TPSA) is 63.8 Å². The fourth-order valence-electron chi connectivity index (χ4n) is 0.625. The molecule has 0 saturated carbocycles. The molecular weight excluding hydrogens is 202 g/mol. The zero-order valence-corrected chi connectivity index (χ0v) is 10.7. The van der Waals surface area contributed by atoms with Crippen LogP contribution in [0, 0.1) is 0 Å². The Kier molecular flexibility index (Phi) is 3.94. The van der Waals surface area contributed by atoms with Crippen molar-refractivity contribution < 1.29 is 0 Å². The van der Waals surface area contributed by atoms with Crippen LogP contribution in [0.2, 0.25) is 0 Å². The Morgan fingerprint density at radius 1 is 1.50 bits per heavy atom. The van der Waals surface area contributed by atoms with Crippen molar-refractivity contribution in [2.24, 2.45) is 5.84 Å². The zero-order valence-electron chi connectivity index (χ0n) is 5.83. The van der Waals surface area contributed by atoms with Crippen LogP contribution in [-0.4, -0.2) is 65.7 Å². The van der Waals surface area contributed by atoms with Gasteiger partial charge in [-0.1, -0.05) is 0 Å². The second-order valence-electron chi connectivity index (χ2n) is 1.91. The molecule has 1 heterocycles. The molecule has 0 radical (unpaired) electrons. The van der Waals surface area contributed by atoms with Gasteiger partial charge < -0.3 is 0 Å². The first-order valence-corrected chi connectivity index (χ1v) is 6.63. The molecule has 4 nitrogen and oxygen atoms in total. The normalized spacial score (nSPS) is 9.50. The van der Waals surface area contributed by atoms with Crippen LogP contribution < -0.4 is 11.3 Å². The van der Waals surface area contributed by atoms with E-state index >= 15 is 0 Å². The molecule has 0 saturated heterocycles. The third kappa shape index (κ3) is 2.36. The summed E-state index contributed by atoms with van der Waals surface area (Å²) < 4.78 is 1.11. The average molecular weight is 209 g/mol. The molecule has 0 spiro atoms. The summed E-state index contributed by atoms with van der Waals surface area (Å²) in [4.78, 5) is 0. The summed E-state index contributed by atoms with van der Waals surface area (Å²) in [5, 5.41) is 7.74. The van der Waals surface area contributed by atoms with Gasteiger partial charge in [0.15, 0.2) is 0 Å². The van der Waals surface area contributed by atoms with Gasteiger partial charge in [0.1, 0.15) is 0 Å². The molecule has 5 heteroatoms. The quantitative estimate of drug-likeness (QED) is 0.505. The number of hydrogen-bond donors (Lipinski definition) is 2. The third-order valence-electron chi connectivity index (χ3n) is 1.23. The maximum atomic E-state index is 5.10. The Morgan fingerprint density at radius 2 is 2.30 bits per heavy atom. The zero-order chi connectivity index (χ0) is 7.40. The molecule has 0 unspecified atom stereocenters. The van der Waals surface area contributed by atoms with Crippen LogP contribution in [-0.2, 0) is -0.511 Å². The number of nitrogens with zero attached hydrogens (tertiary/aromatic N) is 2. The van der Waals surface area contributed by atoms with E-state index in [1.165, 1.54) is 0 Å². The molecular formula is C5H7N4Rb. The SMILES string of the molecule is NNc1ccc([CH2][Rb])nn1. The minimum atomic E-state index is 0.618. The fraction of sp³-hybridized carbons (Fsp3) is 0.200.